The first-order chi connectivity index (χ1) is 10.1. The van der Waals surface area contributed by atoms with E-state index in [9.17, 15) is 13.2 Å². The molecular formula is C16H16F3NO. The highest BCUT2D eigenvalue weighted by Gasteiger charge is 2.10. The zero-order chi connectivity index (χ0) is 15.2. The van der Waals surface area contributed by atoms with E-state index in [0.717, 1.165) is 29.9 Å². The topological polar surface area (TPSA) is 21.3 Å². The molecule has 112 valence electrons. The number of hydrogen-bond donors (Lipinski definition) is 1. The quantitative estimate of drug-likeness (QED) is 0.651. The van der Waals surface area contributed by atoms with Crippen molar-refractivity contribution in [3.05, 3.63) is 65.0 Å². The van der Waals surface area contributed by atoms with Gasteiger partial charge in [0.15, 0.2) is 17.5 Å². The van der Waals surface area contributed by atoms with Crippen molar-refractivity contribution in [1.29, 1.82) is 0 Å². The molecule has 0 amide bonds. The number of nitrogens with one attached hydrogen (secondary N) is 1. The second-order valence-electron chi connectivity index (χ2n) is 4.61. The van der Waals surface area contributed by atoms with Crippen molar-refractivity contribution in [3.8, 4) is 5.75 Å². The fourth-order valence-electron chi connectivity index (χ4n) is 2.08. The maximum absolute atomic E-state index is 13.1. The first-order valence-electron chi connectivity index (χ1n) is 6.58. The number of halogens is 3. The van der Waals surface area contributed by atoms with Crippen molar-refractivity contribution >= 4 is 0 Å². The molecule has 0 heterocycles. The Kier molecular flexibility index (Phi) is 5.22. The van der Waals surface area contributed by atoms with E-state index in [1.54, 1.807) is 7.11 Å². The van der Waals surface area contributed by atoms with Crippen molar-refractivity contribution in [2.45, 2.75) is 13.0 Å². The van der Waals surface area contributed by atoms with Gasteiger partial charge in [0.2, 0.25) is 0 Å². The molecule has 0 unspecified atom stereocenters. The van der Waals surface area contributed by atoms with Gasteiger partial charge < -0.3 is 10.1 Å². The molecule has 0 saturated heterocycles. The Labute approximate surface area is 121 Å². The largest absolute Gasteiger partial charge is 0.496 e. The number of hydrogen-bond acceptors (Lipinski definition) is 2. The summed E-state index contributed by atoms with van der Waals surface area (Å²) in [5.74, 6) is -2.97. The van der Waals surface area contributed by atoms with Gasteiger partial charge in [-0.25, -0.2) is 13.2 Å². The number of para-hydroxylation sites is 1. The molecule has 0 aliphatic heterocycles. The van der Waals surface area contributed by atoms with Crippen molar-refractivity contribution in [2.75, 3.05) is 13.7 Å². The summed E-state index contributed by atoms with van der Waals surface area (Å²) in [5, 5.41) is 3.06. The Morgan fingerprint density at radius 2 is 1.71 bits per heavy atom. The molecule has 2 aromatic carbocycles. The molecule has 0 aliphatic rings. The second-order valence-corrected chi connectivity index (χ2v) is 4.61. The summed E-state index contributed by atoms with van der Waals surface area (Å²) in [5.41, 5.74) is 1.41. The Morgan fingerprint density at radius 3 is 2.38 bits per heavy atom. The molecule has 2 nitrogen and oxygen atoms in total. The highest BCUT2D eigenvalue weighted by Crippen LogP contribution is 2.17. The third-order valence-electron chi connectivity index (χ3n) is 3.14. The van der Waals surface area contributed by atoms with Crippen LogP contribution in [-0.4, -0.2) is 13.7 Å². The molecule has 2 aromatic rings. The lowest BCUT2D eigenvalue weighted by molar-refractivity contribution is 0.409. The van der Waals surface area contributed by atoms with E-state index >= 15 is 0 Å². The molecule has 21 heavy (non-hydrogen) atoms. The van der Waals surface area contributed by atoms with Crippen molar-refractivity contribution in [1.82, 2.24) is 5.32 Å². The van der Waals surface area contributed by atoms with Crippen LogP contribution in [-0.2, 0) is 13.0 Å². The van der Waals surface area contributed by atoms with Crippen LogP contribution >= 0.6 is 0 Å². The maximum atomic E-state index is 13.1. The number of rotatable bonds is 6. The van der Waals surface area contributed by atoms with Crippen LogP contribution in [0, 0.1) is 17.5 Å². The standard InChI is InChI=1S/C16H16F3NO/c1-21-15-5-3-2-4-12(15)6-7-20-10-11-8-13(17)16(19)14(18)9-11/h2-5,8-9,20H,6-7,10H2,1H3. The molecule has 0 atom stereocenters. The Morgan fingerprint density at radius 1 is 1.05 bits per heavy atom. The zero-order valence-corrected chi connectivity index (χ0v) is 11.6. The molecule has 0 aliphatic carbocycles. The van der Waals surface area contributed by atoms with Gasteiger partial charge in [0.1, 0.15) is 5.75 Å². The van der Waals surface area contributed by atoms with Gasteiger partial charge in [-0.1, -0.05) is 18.2 Å². The van der Waals surface area contributed by atoms with Gasteiger partial charge in [0.25, 0.3) is 0 Å². The lowest BCUT2D eigenvalue weighted by Gasteiger charge is -2.09. The molecule has 0 bridgehead atoms. The van der Waals surface area contributed by atoms with E-state index in [1.807, 2.05) is 24.3 Å². The third kappa shape index (κ3) is 3.98. The van der Waals surface area contributed by atoms with Gasteiger partial charge in [-0.3, -0.25) is 0 Å². The fraction of sp³-hybridized carbons (Fsp3) is 0.250. The molecule has 0 radical (unpaired) electrons. The van der Waals surface area contributed by atoms with Crippen molar-refractivity contribution in [2.24, 2.45) is 0 Å². The Bertz CT molecular complexity index is 593. The van der Waals surface area contributed by atoms with Crippen LogP contribution in [0.15, 0.2) is 36.4 Å². The van der Waals surface area contributed by atoms with E-state index < -0.39 is 17.5 Å². The van der Waals surface area contributed by atoms with E-state index in [4.69, 9.17) is 4.74 Å². The molecule has 1 N–H and O–H groups in total. The number of benzene rings is 2. The van der Waals surface area contributed by atoms with E-state index in [2.05, 4.69) is 5.32 Å². The second kappa shape index (κ2) is 7.13. The summed E-state index contributed by atoms with van der Waals surface area (Å²) in [6.07, 6.45) is 0.718. The fourth-order valence-corrected chi connectivity index (χ4v) is 2.08. The van der Waals surface area contributed by atoms with Crippen LogP contribution in [0.4, 0.5) is 13.2 Å². The van der Waals surface area contributed by atoms with Crippen LogP contribution in [0.2, 0.25) is 0 Å². The Hall–Kier alpha value is -2.01. The van der Waals surface area contributed by atoms with Crippen molar-refractivity contribution in [3.63, 3.8) is 0 Å². The summed E-state index contributed by atoms with van der Waals surface area (Å²) in [6.45, 7) is 0.879. The number of methoxy groups -OCH3 is 1. The molecule has 2 rings (SSSR count). The summed E-state index contributed by atoms with van der Waals surface area (Å²) < 4.78 is 44.2. The maximum Gasteiger partial charge on any atom is 0.194 e. The van der Waals surface area contributed by atoms with E-state index in [1.165, 1.54) is 0 Å². The molecule has 0 spiro atoms. The Balaban J connectivity index is 1.88. The highest BCUT2D eigenvalue weighted by molar-refractivity contribution is 5.33. The third-order valence-corrected chi connectivity index (χ3v) is 3.14. The monoisotopic (exact) mass is 295 g/mol. The summed E-state index contributed by atoms with van der Waals surface area (Å²) in [6, 6.07) is 9.63. The predicted molar refractivity (Wildman–Crippen MR) is 74.7 cm³/mol. The summed E-state index contributed by atoms with van der Waals surface area (Å²) >= 11 is 0. The average Bonchev–Trinajstić information content (AvgIpc) is 2.49. The molecule has 0 saturated carbocycles. The van der Waals surface area contributed by atoms with Gasteiger partial charge in [0, 0.05) is 6.54 Å². The first-order valence-corrected chi connectivity index (χ1v) is 6.58. The average molecular weight is 295 g/mol. The summed E-state index contributed by atoms with van der Waals surface area (Å²) in [7, 11) is 1.61. The van der Waals surface area contributed by atoms with Crippen molar-refractivity contribution < 1.29 is 17.9 Å². The minimum atomic E-state index is -1.44. The van der Waals surface area contributed by atoms with E-state index in [-0.39, 0.29) is 6.54 Å². The van der Waals surface area contributed by atoms with Gasteiger partial charge in [-0.05, 0) is 42.3 Å². The molecule has 0 fully saturated rings. The number of ether oxygens (including phenoxy) is 1. The van der Waals surface area contributed by atoms with Gasteiger partial charge in [-0.2, -0.15) is 0 Å². The molecular weight excluding hydrogens is 279 g/mol. The minimum absolute atomic E-state index is 0.267. The molecule has 5 heteroatoms. The van der Waals surface area contributed by atoms with Gasteiger partial charge in [-0.15, -0.1) is 0 Å². The first kappa shape index (κ1) is 15.4. The van der Waals surface area contributed by atoms with Gasteiger partial charge in [0.05, 0.1) is 7.11 Å². The SMILES string of the molecule is COc1ccccc1CCNCc1cc(F)c(F)c(F)c1. The molecule has 0 aromatic heterocycles. The minimum Gasteiger partial charge on any atom is -0.496 e. The zero-order valence-electron chi connectivity index (χ0n) is 11.6. The highest BCUT2D eigenvalue weighted by atomic mass is 19.2. The van der Waals surface area contributed by atoms with Crippen LogP contribution in [0.5, 0.6) is 5.75 Å². The smallest absolute Gasteiger partial charge is 0.194 e. The normalized spacial score (nSPS) is 10.7. The lowest BCUT2D eigenvalue weighted by atomic mass is 10.1. The summed E-state index contributed by atoms with van der Waals surface area (Å²) in [4.78, 5) is 0. The van der Waals surface area contributed by atoms with Crippen LogP contribution in [0.25, 0.3) is 0 Å². The van der Waals surface area contributed by atoms with Crippen LogP contribution in [0.3, 0.4) is 0 Å². The lowest BCUT2D eigenvalue weighted by Crippen LogP contribution is -2.17. The van der Waals surface area contributed by atoms with Crippen LogP contribution < -0.4 is 10.1 Å². The van der Waals surface area contributed by atoms with E-state index in [0.29, 0.717) is 12.1 Å². The van der Waals surface area contributed by atoms with Crippen LogP contribution in [0.1, 0.15) is 11.1 Å². The predicted octanol–water partition coefficient (Wildman–Crippen LogP) is 3.44. The van der Waals surface area contributed by atoms with Gasteiger partial charge >= 0.3 is 0 Å².